The van der Waals surface area contributed by atoms with Gasteiger partial charge in [0.05, 0.1) is 0 Å². The Morgan fingerprint density at radius 1 is 0.762 bits per heavy atom. The molecule has 0 amide bonds. The second kappa shape index (κ2) is 6.97. The first-order valence-electron chi connectivity index (χ1n) is 7.18. The first-order chi connectivity index (χ1) is 10.1. The van der Waals surface area contributed by atoms with Crippen molar-refractivity contribution in [3.63, 3.8) is 0 Å². The Morgan fingerprint density at radius 3 is 1.57 bits per heavy atom. The topological polar surface area (TPSA) is 58.0 Å². The number of anilines is 2. The lowest BCUT2D eigenvalue weighted by Crippen LogP contribution is -2.24. The van der Waals surface area contributed by atoms with Crippen LogP contribution in [-0.4, -0.2) is 47.1 Å². The van der Waals surface area contributed by atoms with Crippen molar-refractivity contribution >= 4 is 11.9 Å². The number of nitrogens with zero attached hydrogens (tertiary/aromatic N) is 6. The summed E-state index contributed by atoms with van der Waals surface area (Å²) in [4.78, 5) is 21.5. The Hall–Kier alpha value is -2.24. The fourth-order valence-electron chi connectivity index (χ4n) is 2.01. The molecule has 0 saturated carbocycles. The lowest BCUT2D eigenvalue weighted by atomic mass is 10.1. The predicted molar refractivity (Wildman–Crippen MR) is 84.8 cm³/mol. The Morgan fingerprint density at radius 2 is 1.19 bits per heavy atom. The Balaban J connectivity index is 2.06. The summed E-state index contributed by atoms with van der Waals surface area (Å²) < 4.78 is 0. The van der Waals surface area contributed by atoms with Crippen LogP contribution in [0.15, 0.2) is 24.8 Å². The van der Waals surface area contributed by atoms with E-state index < -0.39 is 0 Å². The van der Waals surface area contributed by atoms with Gasteiger partial charge in [0.1, 0.15) is 0 Å². The number of aromatic nitrogens is 4. The normalized spacial score (nSPS) is 10.5. The molecule has 0 N–H and O–H groups in total. The summed E-state index contributed by atoms with van der Waals surface area (Å²) in [6.07, 6.45) is 8.19. The summed E-state index contributed by atoms with van der Waals surface area (Å²) in [7, 11) is 3.85. The van der Waals surface area contributed by atoms with Gasteiger partial charge in [-0.25, -0.2) is 19.9 Å². The maximum Gasteiger partial charge on any atom is 0.225 e. The highest BCUT2D eigenvalue weighted by molar-refractivity contribution is 5.31. The van der Waals surface area contributed by atoms with Gasteiger partial charge in [-0.1, -0.05) is 0 Å². The SMILES string of the molecule is CCN(CC)c1ncc(Cc2cnc(N(C)C)nc2)cn1. The van der Waals surface area contributed by atoms with E-state index in [-0.39, 0.29) is 0 Å². The minimum absolute atomic E-state index is 0.715. The van der Waals surface area contributed by atoms with Crippen LogP contribution in [0, 0.1) is 0 Å². The van der Waals surface area contributed by atoms with Gasteiger partial charge in [-0.3, -0.25) is 0 Å². The molecule has 0 saturated heterocycles. The molecule has 6 nitrogen and oxygen atoms in total. The molecule has 2 rings (SSSR count). The summed E-state index contributed by atoms with van der Waals surface area (Å²) >= 11 is 0. The molecule has 2 aromatic heterocycles. The van der Waals surface area contributed by atoms with Crippen molar-refractivity contribution in [2.75, 3.05) is 37.0 Å². The highest BCUT2D eigenvalue weighted by atomic mass is 15.2. The smallest absolute Gasteiger partial charge is 0.225 e. The van der Waals surface area contributed by atoms with Gasteiger partial charge in [0.25, 0.3) is 0 Å². The minimum atomic E-state index is 0.715. The number of hydrogen-bond acceptors (Lipinski definition) is 6. The van der Waals surface area contributed by atoms with Crippen LogP contribution in [0.2, 0.25) is 0 Å². The van der Waals surface area contributed by atoms with Crippen molar-refractivity contribution in [3.8, 4) is 0 Å². The molecule has 0 aromatic carbocycles. The molecule has 0 fully saturated rings. The van der Waals surface area contributed by atoms with Gasteiger partial charge in [0.2, 0.25) is 11.9 Å². The molecule has 21 heavy (non-hydrogen) atoms. The van der Waals surface area contributed by atoms with Crippen LogP contribution in [0.3, 0.4) is 0 Å². The highest BCUT2D eigenvalue weighted by Gasteiger charge is 2.06. The van der Waals surface area contributed by atoms with Gasteiger partial charge in [0.15, 0.2) is 0 Å². The van der Waals surface area contributed by atoms with Gasteiger partial charge < -0.3 is 9.80 Å². The van der Waals surface area contributed by atoms with Crippen LogP contribution in [0.1, 0.15) is 25.0 Å². The molecular formula is C15H22N6. The second-order valence-electron chi connectivity index (χ2n) is 5.03. The van der Waals surface area contributed by atoms with Crippen LogP contribution in [-0.2, 0) is 6.42 Å². The molecule has 0 radical (unpaired) electrons. The molecule has 0 spiro atoms. The van der Waals surface area contributed by atoms with E-state index in [0.29, 0.717) is 5.95 Å². The van der Waals surface area contributed by atoms with Crippen molar-refractivity contribution < 1.29 is 0 Å². The molecule has 0 aliphatic rings. The van der Waals surface area contributed by atoms with E-state index in [1.54, 1.807) is 0 Å². The highest BCUT2D eigenvalue weighted by Crippen LogP contribution is 2.11. The van der Waals surface area contributed by atoms with Crippen LogP contribution in [0.5, 0.6) is 0 Å². The van der Waals surface area contributed by atoms with E-state index in [9.17, 15) is 0 Å². The van der Waals surface area contributed by atoms with Crippen molar-refractivity contribution in [1.29, 1.82) is 0 Å². The van der Waals surface area contributed by atoms with Crippen molar-refractivity contribution in [3.05, 3.63) is 35.9 Å². The van der Waals surface area contributed by atoms with Gasteiger partial charge in [-0.05, 0) is 25.0 Å². The largest absolute Gasteiger partial charge is 0.347 e. The third kappa shape index (κ3) is 3.87. The third-order valence-corrected chi connectivity index (χ3v) is 3.24. The maximum absolute atomic E-state index is 4.43. The summed E-state index contributed by atoms with van der Waals surface area (Å²) in [6, 6.07) is 0. The lowest BCUT2D eigenvalue weighted by molar-refractivity contribution is 0.817. The van der Waals surface area contributed by atoms with E-state index >= 15 is 0 Å². The van der Waals surface area contributed by atoms with Crippen LogP contribution in [0.25, 0.3) is 0 Å². The average molecular weight is 286 g/mol. The molecule has 0 aliphatic heterocycles. The monoisotopic (exact) mass is 286 g/mol. The van der Waals surface area contributed by atoms with Gasteiger partial charge in [-0.15, -0.1) is 0 Å². The van der Waals surface area contributed by atoms with Gasteiger partial charge in [0, 0.05) is 58.4 Å². The molecule has 2 aromatic rings. The molecular weight excluding hydrogens is 264 g/mol. The lowest BCUT2D eigenvalue weighted by Gasteiger charge is -2.18. The zero-order valence-corrected chi connectivity index (χ0v) is 13.1. The van der Waals surface area contributed by atoms with E-state index in [0.717, 1.165) is 36.6 Å². The second-order valence-corrected chi connectivity index (χ2v) is 5.03. The summed E-state index contributed by atoms with van der Waals surface area (Å²) in [5.74, 6) is 1.50. The molecule has 0 aliphatic carbocycles. The number of rotatable bonds is 6. The van der Waals surface area contributed by atoms with Crippen LogP contribution in [0.4, 0.5) is 11.9 Å². The Bertz CT molecular complexity index is 545. The fourth-order valence-corrected chi connectivity index (χ4v) is 2.01. The fraction of sp³-hybridized carbons (Fsp3) is 0.467. The minimum Gasteiger partial charge on any atom is -0.347 e. The zero-order chi connectivity index (χ0) is 15.2. The Kier molecular flexibility index (Phi) is 5.03. The molecule has 0 bridgehead atoms. The molecule has 112 valence electrons. The predicted octanol–water partition coefficient (Wildman–Crippen LogP) is 1.77. The third-order valence-electron chi connectivity index (χ3n) is 3.24. The van der Waals surface area contributed by atoms with E-state index in [4.69, 9.17) is 0 Å². The molecule has 0 unspecified atom stereocenters. The Labute approximate surface area is 125 Å². The summed E-state index contributed by atoms with van der Waals surface area (Å²) in [5, 5.41) is 0. The van der Waals surface area contributed by atoms with Crippen molar-refractivity contribution in [1.82, 2.24) is 19.9 Å². The first-order valence-corrected chi connectivity index (χ1v) is 7.18. The summed E-state index contributed by atoms with van der Waals surface area (Å²) in [6.45, 7) is 6.03. The zero-order valence-electron chi connectivity index (χ0n) is 13.1. The molecule has 2 heterocycles. The molecule has 0 atom stereocenters. The van der Waals surface area contributed by atoms with Gasteiger partial charge in [-0.2, -0.15) is 0 Å². The average Bonchev–Trinajstić information content (AvgIpc) is 2.51. The standard InChI is InChI=1S/C15H22N6/c1-5-21(6-2)15-18-10-13(11-19-15)7-12-8-16-14(17-9-12)20(3)4/h8-11H,5-7H2,1-4H3. The number of hydrogen-bond donors (Lipinski definition) is 0. The van der Waals surface area contributed by atoms with Gasteiger partial charge >= 0.3 is 0 Å². The first kappa shape index (κ1) is 15.2. The van der Waals surface area contributed by atoms with E-state index in [1.807, 2.05) is 43.8 Å². The summed E-state index contributed by atoms with van der Waals surface area (Å²) in [5.41, 5.74) is 2.12. The van der Waals surface area contributed by atoms with E-state index in [2.05, 4.69) is 38.7 Å². The maximum atomic E-state index is 4.43. The van der Waals surface area contributed by atoms with Crippen molar-refractivity contribution in [2.45, 2.75) is 20.3 Å². The van der Waals surface area contributed by atoms with Crippen LogP contribution < -0.4 is 9.80 Å². The van der Waals surface area contributed by atoms with Crippen molar-refractivity contribution in [2.24, 2.45) is 0 Å². The van der Waals surface area contributed by atoms with Crippen LogP contribution >= 0.6 is 0 Å². The van der Waals surface area contributed by atoms with E-state index in [1.165, 1.54) is 0 Å². The quantitative estimate of drug-likeness (QED) is 0.806. The molecule has 6 heteroatoms.